The average molecular weight is 357 g/mol. The molecular formula is C8H2Br2Cl2N2. The van der Waals surface area contributed by atoms with Gasteiger partial charge in [0.1, 0.15) is 11.0 Å². The second kappa shape index (κ2) is 3.93. The van der Waals surface area contributed by atoms with Crippen LogP contribution in [0.4, 0.5) is 0 Å². The SMILES string of the molecule is Clc1nc2c(Br)ccc(Br)c2nc1Cl. The van der Waals surface area contributed by atoms with Gasteiger partial charge < -0.3 is 0 Å². The first-order valence-electron chi connectivity index (χ1n) is 3.56. The molecule has 0 aliphatic heterocycles. The third-order valence-electron chi connectivity index (χ3n) is 1.64. The highest BCUT2D eigenvalue weighted by Crippen LogP contribution is 2.30. The van der Waals surface area contributed by atoms with Crippen LogP contribution in [0, 0.1) is 0 Å². The number of halogens is 4. The van der Waals surface area contributed by atoms with E-state index in [4.69, 9.17) is 23.2 Å². The number of hydrogen-bond donors (Lipinski definition) is 0. The van der Waals surface area contributed by atoms with Gasteiger partial charge in [-0.05, 0) is 44.0 Å². The molecule has 0 aliphatic rings. The molecule has 0 atom stereocenters. The number of benzene rings is 1. The summed E-state index contributed by atoms with van der Waals surface area (Å²) in [5.74, 6) is 0. The van der Waals surface area contributed by atoms with Crippen molar-refractivity contribution >= 4 is 66.1 Å². The molecule has 0 saturated carbocycles. The first-order chi connectivity index (χ1) is 6.59. The summed E-state index contributed by atoms with van der Waals surface area (Å²) in [4.78, 5) is 8.26. The van der Waals surface area contributed by atoms with E-state index in [0.717, 1.165) is 8.95 Å². The molecular weight excluding hydrogens is 355 g/mol. The van der Waals surface area contributed by atoms with Gasteiger partial charge in [0, 0.05) is 8.95 Å². The molecule has 0 fully saturated rings. The zero-order valence-electron chi connectivity index (χ0n) is 6.56. The van der Waals surface area contributed by atoms with Crippen LogP contribution in [0.25, 0.3) is 11.0 Å². The Labute approximate surface area is 107 Å². The fourth-order valence-corrected chi connectivity index (χ4v) is 2.10. The fraction of sp³-hybridized carbons (Fsp3) is 0. The van der Waals surface area contributed by atoms with Crippen molar-refractivity contribution < 1.29 is 0 Å². The summed E-state index contributed by atoms with van der Waals surface area (Å²) in [6.07, 6.45) is 0. The standard InChI is InChI=1S/C8H2Br2Cl2N2/c9-3-1-2-4(10)6-5(3)13-7(11)8(12)14-6/h1-2H. The molecule has 0 bridgehead atoms. The van der Waals surface area contributed by atoms with Crippen LogP contribution in [0.3, 0.4) is 0 Å². The van der Waals surface area contributed by atoms with Crippen LogP contribution in [-0.4, -0.2) is 9.97 Å². The van der Waals surface area contributed by atoms with Gasteiger partial charge in [-0.25, -0.2) is 9.97 Å². The summed E-state index contributed by atoms with van der Waals surface area (Å²) < 4.78 is 1.67. The second-order valence-corrected chi connectivity index (χ2v) is 4.96. The number of rotatable bonds is 0. The maximum Gasteiger partial charge on any atom is 0.167 e. The van der Waals surface area contributed by atoms with E-state index in [-0.39, 0.29) is 10.3 Å². The largest absolute Gasteiger partial charge is 0.230 e. The summed E-state index contributed by atoms with van der Waals surface area (Å²) >= 11 is 18.3. The van der Waals surface area contributed by atoms with Crippen molar-refractivity contribution in [3.8, 4) is 0 Å². The highest BCUT2D eigenvalue weighted by molar-refractivity contribution is 9.11. The Morgan fingerprint density at radius 3 is 1.57 bits per heavy atom. The Bertz CT molecular complexity index is 470. The van der Waals surface area contributed by atoms with Crippen molar-refractivity contribution in [3.63, 3.8) is 0 Å². The van der Waals surface area contributed by atoms with Gasteiger partial charge in [0.05, 0.1) is 0 Å². The number of hydrogen-bond acceptors (Lipinski definition) is 2. The van der Waals surface area contributed by atoms with Crippen LogP contribution in [0.1, 0.15) is 0 Å². The minimum Gasteiger partial charge on any atom is -0.230 e. The number of aromatic nitrogens is 2. The molecule has 0 aliphatic carbocycles. The van der Waals surface area contributed by atoms with Crippen LogP contribution in [0.5, 0.6) is 0 Å². The molecule has 2 aromatic rings. The van der Waals surface area contributed by atoms with Crippen molar-refractivity contribution in [2.24, 2.45) is 0 Å². The summed E-state index contributed by atoms with van der Waals surface area (Å²) in [5.41, 5.74) is 1.38. The first-order valence-corrected chi connectivity index (χ1v) is 5.90. The van der Waals surface area contributed by atoms with E-state index in [1.54, 1.807) is 0 Å². The molecule has 2 nitrogen and oxygen atoms in total. The van der Waals surface area contributed by atoms with Crippen molar-refractivity contribution in [2.45, 2.75) is 0 Å². The van der Waals surface area contributed by atoms with Gasteiger partial charge >= 0.3 is 0 Å². The van der Waals surface area contributed by atoms with E-state index in [1.165, 1.54) is 0 Å². The van der Waals surface area contributed by atoms with Crippen LogP contribution in [-0.2, 0) is 0 Å². The predicted octanol–water partition coefficient (Wildman–Crippen LogP) is 4.46. The Balaban J connectivity index is 2.94. The molecule has 2 rings (SSSR count). The molecule has 1 aromatic heterocycles. The van der Waals surface area contributed by atoms with Gasteiger partial charge in [-0.3, -0.25) is 0 Å². The van der Waals surface area contributed by atoms with Crippen molar-refractivity contribution in [2.75, 3.05) is 0 Å². The summed E-state index contributed by atoms with van der Waals surface area (Å²) in [5, 5.41) is 0.413. The molecule has 0 saturated heterocycles. The molecule has 0 radical (unpaired) electrons. The lowest BCUT2D eigenvalue weighted by atomic mass is 10.3. The molecule has 1 aromatic carbocycles. The smallest absolute Gasteiger partial charge is 0.167 e. The zero-order valence-corrected chi connectivity index (χ0v) is 11.2. The topological polar surface area (TPSA) is 25.8 Å². The van der Waals surface area contributed by atoms with E-state index in [1.807, 2.05) is 12.1 Å². The molecule has 14 heavy (non-hydrogen) atoms. The normalized spacial score (nSPS) is 10.9. The summed E-state index contributed by atoms with van der Waals surface area (Å²) in [6, 6.07) is 3.73. The van der Waals surface area contributed by atoms with Crippen LogP contribution in [0.15, 0.2) is 21.1 Å². The Morgan fingerprint density at radius 2 is 1.21 bits per heavy atom. The van der Waals surface area contributed by atoms with E-state index in [0.29, 0.717) is 11.0 Å². The van der Waals surface area contributed by atoms with E-state index in [9.17, 15) is 0 Å². The quantitative estimate of drug-likeness (QED) is 0.696. The molecule has 0 unspecified atom stereocenters. The minimum absolute atomic E-state index is 0.206. The lowest BCUT2D eigenvalue weighted by Crippen LogP contribution is -1.88. The Hall–Kier alpha value is 0.1000. The molecule has 72 valence electrons. The van der Waals surface area contributed by atoms with Crippen molar-refractivity contribution in [3.05, 3.63) is 31.4 Å². The van der Waals surface area contributed by atoms with Crippen molar-refractivity contribution in [1.82, 2.24) is 9.97 Å². The lowest BCUT2D eigenvalue weighted by Gasteiger charge is -2.03. The predicted molar refractivity (Wildman–Crippen MR) is 65.0 cm³/mol. The number of fused-ring (bicyclic) bond motifs is 1. The highest BCUT2D eigenvalue weighted by atomic mass is 79.9. The molecule has 6 heteroatoms. The van der Waals surface area contributed by atoms with Gasteiger partial charge in [0.15, 0.2) is 10.3 Å². The van der Waals surface area contributed by atoms with Gasteiger partial charge in [-0.15, -0.1) is 0 Å². The third-order valence-corrected chi connectivity index (χ3v) is 3.55. The molecule has 0 spiro atoms. The van der Waals surface area contributed by atoms with E-state index < -0.39 is 0 Å². The third kappa shape index (κ3) is 1.76. The number of nitrogens with zero attached hydrogens (tertiary/aromatic N) is 2. The molecule has 0 N–H and O–H groups in total. The Kier molecular flexibility index (Phi) is 2.98. The zero-order chi connectivity index (χ0) is 10.3. The van der Waals surface area contributed by atoms with Crippen LogP contribution in [0.2, 0.25) is 10.3 Å². The van der Waals surface area contributed by atoms with Gasteiger partial charge in [0.25, 0.3) is 0 Å². The average Bonchev–Trinajstić information content (AvgIpc) is 2.15. The van der Waals surface area contributed by atoms with Gasteiger partial charge in [-0.2, -0.15) is 0 Å². The van der Waals surface area contributed by atoms with E-state index >= 15 is 0 Å². The maximum absolute atomic E-state index is 5.77. The molecule has 0 amide bonds. The fourth-order valence-electron chi connectivity index (χ4n) is 1.03. The minimum atomic E-state index is 0.206. The highest BCUT2D eigenvalue weighted by Gasteiger charge is 2.09. The van der Waals surface area contributed by atoms with Crippen LogP contribution < -0.4 is 0 Å². The summed E-state index contributed by atoms with van der Waals surface area (Å²) in [7, 11) is 0. The first kappa shape index (κ1) is 10.6. The van der Waals surface area contributed by atoms with Crippen LogP contribution >= 0.6 is 55.1 Å². The maximum atomic E-state index is 5.77. The molecule has 1 heterocycles. The van der Waals surface area contributed by atoms with E-state index in [2.05, 4.69) is 41.8 Å². The monoisotopic (exact) mass is 354 g/mol. The second-order valence-electron chi connectivity index (χ2n) is 2.53. The Morgan fingerprint density at radius 1 is 0.857 bits per heavy atom. The van der Waals surface area contributed by atoms with Gasteiger partial charge in [0.2, 0.25) is 0 Å². The summed E-state index contributed by atoms with van der Waals surface area (Å²) in [6.45, 7) is 0. The van der Waals surface area contributed by atoms with Crippen molar-refractivity contribution in [1.29, 1.82) is 0 Å². The van der Waals surface area contributed by atoms with Gasteiger partial charge in [-0.1, -0.05) is 23.2 Å². The lowest BCUT2D eigenvalue weighted by molar-refractivity contribution is 1.28.